The number of amides is 3. The van der Waals surface area contributed by atoms with Gasteiger partial charge in [0.2, 0.25) is 0 Å². The number of fused-ring (bicyclic) bond motifs is 1. The Morgan fingerprint density at radius 2 is 1.77 bits per heavy atom. The maximum Gasteiger partial charge on any atom is 0.261 e. The predicted octanol–water partition coefficient (Wildman–Crippen LogP) is 0.898. The van der Waals surface area contributed by atoms with Gasteiger partial charge < -0.3 is 10.0 Å². The van der Waals surface area contributed by atoms with E-state index in [0.717, 1.165) is 0 Å². The SMILES string of the molecule is CC(C)N1C(=O)c2ccc(C(=O)N3CC(C)(O)C3)cc2C1=O. The van der Waals surface area contributed by atoms with E-state index in [1.165, 1.54) is 21.9 Å². The quantitative estimate of drug-likeness (QED) is 0.823. The maximum absolute atomic E-state index is 12.3. The van der Waals surface area contributed by atoms with Gasteiger partial charge in [0.15, 0.2) is 0 Å². The number of carbonyl (C=O) groups excluding carboxylic acids is 3. The van der Waals surface area contributed by atoms with Crippen molar-refractivity contribution in [2.75, 3.05) is 13.1 Å². The molecule has 6 nitrogen and oxygen atoms in total. The first-order valence-electron chi connectivity index (χ1n) is 7.25. The third-order valence-electron chi connectivity index (χ3n) is 4.03. The van der Waals surface area contributed by atoms with E-state index in [2.05, 4.69) is 0 Å². The Morgan fingerprint density at radius 3 is 2.32 bits per heavy atom. The molecule has 0 unspecified atom stereocenters. The fourth-order valence-electron chi connectivity index (χ4n) is 2.96. The first-order chi connectivity index (χ1) is 10.2. The molecule has 0 aromatic heterocycles. The Balaban J connectivity index is 1.89. The van der Waals surface area contributed by atoms with Crippen LogP contribution in [0.25, 0.3) is 0 Å². The molecule has 2 aliphatic rings. The second-order valence-electron chi connectivity index (χ2n) is 6.49. The average molecular weight is 302 g/mol. The number of carbonyl (C=O) groups is 3. The summed E-state index contributed by atoms with van der Waals surface area (Å²) in [5, 5.41) is 9.71. The van der Waals surface area contributed by atoms with Crippen molar-refractivity contribution in [3.8, 4) is 0 Å². The number of imide groups is 1. The van der Waals surface area contributed by atoms with Gasteiger partial charge in [-0.1, -0.05) is 0 Å². The zero-order chi connectivity index (χ0) is 16.2. The van der Waals surface area contributed by atoms with E-state index >= 15 is 0 Å². The highest BCUT2D eigenvalue weighted by molar-refractivity contribution is 6.22. The summed E-state index contributed by atoms with van der Waals surface area (Å²) in [7, 11) is 0. The predicted molar refractivity (Wildman–Crippen MR) is 78.6 cm³/mol. The highest BCUT2D eigenvalue weighted by Crippen LogP contribution is 2.28. The molecule has 0 saturated carbocycles. The van der Waals surface area contributed by atoms with Crippen molar-refractivity contribution in [1.82, 2.24) is 9.80 Å². The summed E-state index contributed by atoms with van der Waals surface area (Å²) < 4.78 is 0. The van der Waals surface area contributed by atoms with Crippen LogP contribution in [0.2, 0.25) is 0 Å². The van der Waals surface area contributed by atoms with Gasteiger partial charge in [0.25, 0.3) is 17.7 Å². The second kappa shape index (κ2) is 4.64. The van der Waals surface area contributed by atoms with Gasteiger partial charge >= 0.3 is 0 Å². The maximum atomic E-state index is 12.3. The van der Waals surface area contributed by atoms with E-state index in [1.807, 2.05) is 0 Å². The van der Waals surface area contributed by atoms with E-state index < -0.39 is 5.60 Å². The Labute approximate surface area is 128 Å². The largest absolute Gasteiger partial charge is 0.386 e. The third-order valence-corrected chi connectivity index (χ3v) is 4.03. The molecule has 1 saturated heterocycles. The van der Waals surface area contributed by atoms with E-state index in [0.29, 0.717) is 11.1 Å². The van der Waals surface area contributed by atoms with Crippen molar-refractivity contribution in [3.63, 3.8) is 0 Å². The molecule has 3 amide bonds. The van der Waals surface area contributed by atoms with E-state index in [4.69, 9.17) is 0 Å². The van der Waals surface area contributed by atoms with Gasteiger partial charge in [-0.3, -0.25) is 19.3 Å². The topological polar surface area (TPSA) is 77.9 Å². The summed E-state index contributed by atoms with van der Waals surface area (Å²) in [5.41, 5.74) is 0.135. The minimum Gasteiger partial charge on any atom is -0.386 e. The van der Waals surface area contributed by atoms with Crippen molar-refractivity contribution >= 4 is 17.7 Å². The molecule has 0 aliphatic carbocycles. The van der Waals surface area contributed by atoms with Crippen LogP contribution in [0.5, 0.6) is 0 Å². The molecule has 0 atom stereocenters. The minimum absolute atomic E-state index is 0.225. The molecular weight excluding hydrogens is 284 g/mol. The normalized spacial score (nSPS) is 19.5. The Kier molecular flexibility index (Phi) is 3.11. The van der Waals surface area contributed by atoms with E-state index in [1.54, 1.807) is 26.8 Å². The van der Waals surface area contributed by atoms with Gasteiger partial charge in [0.1, 0.15) is 0 Å². The highest BCUT2D eigenvalue weighted by atomic mass is 16.3. The van der Waals surface area contributed by atoms with E-state index in [9.17, 15) is 19.5 Å². The van der Waals surface area contributed by atoms with Gasteiger partial charge in [-0.25, -0.2) is 0 Å². The van der Waals surface area contributed by atoms with Crippen LogP contribution in [0.3, 0.4) is 0 Å². The number of rotatable bonds is 2. The molecule has 0 spiro atoms. The zero-order valence-corrected chi connectivity index (χ0v) is 12.8. The van der Waals surface area contributed by atoms with Crippen LogP contribution < -0.4 is 0 Å². The molecule has 6 heteroatoms. The molecule has 2 aliphatic heterocycles. The molecule has 0 bridgehead atoms. The lowest BCUT2D eigenvalue weighted by atomic mass is 9.95. The van der Waals surface area contributed by atoms with Gasteiger partial charge in [0.05, 0.1) is 29.8 Å². The van der Waals surface area contributed by atoms with Gasteiger partial charge in [-0.15, -0.1) is 0 Å². The lowest BCUT2D eigenvalue weighted by Gasteiger charge is -2.44. The van der Waals surface area contributed by atoms with Crippen molar-refractivity contribution in [2.45, 2.75) is 32.4 Å². The number of hydrogen-bond donors (Lipinski definition) is 1. The first-order valence-corrected chi connectivity index (χ1v) is 7.25. The third kappa shape index (κ3) is 2.11. The molecule has 3 rings (SSSR count). The first kappa shape index (κ1) is 14.7. The summed E-state index contributed by atoms with van der Waals surface area (Å²) in [6.07, 6.45) is 0. The molecule has 2 heterocycles. The monoisotopic (exact) mass is 302 g/mol. The summed E-state index contributed by atoms with van der Waals surface area (Å²) in [5.74, 6) is -0.918. The second-order valence-corrected chi connectivity index (χ2v) is 6.49. The van der Waals surface area contributed by atoms with Crippen LogP contribution >= 0.6 is 0 Å². The molecule has 1 fully saturated rings. The molecule has 1 aromatic carbocycles. The molecule has 0 radical (unpaired) electrons. The number of nitrogens with zero attached hydrogens (tertiary/aromatic N) is 2. The molecule has 22 heavy (non-hydrogen) atoms. The van der Waals surface area contributed by atoms with Crippen LogP contribution in [-0.2, 0) is 0 Å². The number of aliphatic hydroxyl groups is 1. The van der Waals surface area contributed by atoms with Crippen LogP contribution in [0.15, 0.2) is 18.2 Å². The van der Waals surface area contributed by atoms with Crippen LogP contribution in [-0.4, -0.2) is 57.4 Å². The molecule has 1 aromatic rings. The zero-order valence-electron chi connectivity index (χ0n) is 12.8. The number of hydrogen-bond acceptors (Lipinski definition) is 4. The lowest BCUT2D eigenvalue weighted by molar-refractivity contribution is -0.0668. The van der Waals surface area contributed by atoms with Gasteiger partial charge in [-0.2, -0.15) is 0 Å². The summed E-state index contributed by atoms with van der Waals surface area (Å²) in [4.78, 5) is 39.6. The lowest BCUT2D eigenvalue weighted by Crippen LogP contribution is -2.61. The Morgan fingerprint density at radius 1 is 1.18 bits per heavy atom. The average Bonchev–Trinajstić information content (AvgIpc) is 2.67. The number of likely N-dealkylation sites (tertiary alicyclic amines) is 1. The minimum atomic E-state index is -0.841. The van der Waals surface area contributed by atoms with Crippen LogP contribution in [0, 0.1) is 0 Å². The molecule has 116 valence electrons. The van der Waals surface area contributed by atoms with Crippen molar-refractivity contribution in [3.05, 3.63) is 34.9 Å². The summed E-state index contributed by atoms with van der Waals surface area (Å²) >= 11 is 0. The van der Waals surface area contributed by atoms with E-state index in [-0.39, 0.29) is 42.4 Å². The summed E-state index contributed by atoms with van der Waals surface area (Å²) in [6.45, 7) is 5.76. The van der Waals surface area contributed by atoms with Crippen LogP contribution in [0.4, 0.5) is 0 Å². The fraction of sp³-hybridized carbons (Fsp3) is 0.438. The standard InChI is InChI=1S/C16H18N2O4/c1-9(2)18-14(20)11-5-4-10(6-12(11)15(18)21)13(19)17-7-16(3,22)8-17/h4-6,9,22H,7-8H2,1-3H3. The Bertz CT molecular complexity index is 685. The van der Waals surface area contributed by atoms with Crippen molar-refractivity contribution in [1.29, 1.82) is 0 Å². The number of benzene rings is 1. The van der Waals surface area contributed by atoms with Crippen LogP contribution in [0.1, 0.15) is 51.8 Å². The fourth-order valence-corrected chi connectivity index (χ4v) is 2.96. The summed E-state index contributed by atoms with van der Waals surface area (Å²) in [6, 6.07) is 4.34. The molecule has 1 N–H and O–H groups in total. The Hall–Kier alpha value is -2.21. The number of β-amino-alcohol motifs (C(OH)–C–C–N with tert-alkyl or cyclic N) is 1. The van der Waals surface area contributed by atoms with Crippen molar-refractivity contribution < 1.29 is 19.5 Å². The van der Waals surface area contributed by atoms with Crippen molar-refractivity contribution in [2.24, 2.45) is 0 Å². The highest BCUT2D eigenvalue weighted by Gasteiger charge is 2.41. The van der Waals surface area contributed by atoms with Gasteiger partial charge in [0, 0.05) is 11.6 Å². The van der Waals surface area contributed by atoms with Gasteiger partial charge in [-0.05, 0) is 39.0 Å². The molecular formula is C16H18N2O4. The smallest absolute Gasteiger partial charge is 0.261 e.